The van der Waals surface area contributed by atoms with Crippen LogP contribution in [0.5, 0.6) is 0 Å². The van der Waals surface area contributed by atoms with E-state index in [1.165, 1.54) is 11.8 Å². The summed E-state index contributed by atoms with van der Waals surface area (Å²) in [5.41, 5.74) is 1.22. The summed E-state index contributed by atoms with van der Waals surface area (Å²) >= 11 is 10.7. The van der Waals surface area contributed by atoms with Crippen molar-refractivity contribution in [2.24, 2.45) is 4.99 Å². The number of nitrogens with zero attached hydrogens (tertiary/aromatic N) is 3. The first-order chi connectivity index (χ1) is 13.1. The number of aliphatic imine (C=N–C) groups is 1. The summed E-state index contributed by atoms with van der Waals surface area (Å²) in [4.78, 5) is 23.7. The minimum Gasteiger partial charge on any atom is -0.450 e. The summed E-state index contributed by atoms with van der Waals surface area (Å²) in [5, 5.41) is 0.774. The summed E-state index contributed by atoms with van der Waals surface area (Å²) in [5.74, 6) is 0.392. The van der Waals surface area contributed by atoms with Gasteiger partial charge in [-0.1, -0.05) is 29.8 Å². The highest BCUT2D eigenvalue weighted by Crippen LogP contribution is 2.38. The highest BCUT2D eigenvalue weighted by molar-refractivity contribution is 9.10. The quantitative estimate of drug-likeness (QED) is 0.361. The van der Waals surface area contributed by atoms with Gasteiger partial charge in [-0.05, 0) is 64.1 Å². The van der Waals surface area contributed by atoms with E-state index >= 15 is 0 Å². The minimum atomic E-state index is -0.183. The molecule has 5 nitrogen and oxygen atoms in total. The van der Waals surface area contributed by atoms with Crippen LogP contribution in [0.15, 0.2) is 79.8 Å². The lowest BCUT2D eigenvalue weighted by molar-refractivity contribution is -0.113. The lowest BCUT2D eigenvalue weighted by atomic mass is 10.3. The average molecular weight is 461 g/mol. The van der Waals surface area contributed by atoms with Crippen LogP contribution in [0.2, 0.25) is 5.15 Å². The van der Waals surface area contributed by atoms with Crippen molar-refractivity contribution in [3.8, 4) is 0 Å². The van der Waals surface area contributed by atoms with Crippen LogP contribution in [0, 0.1) is 0 Å². The molecule has 0 N–H and O–H groups in total. The number of thioether (sulfide) groups is 1. The van der Waals surface area contributed by atoms with E-state index in [0.717, 1.165) is 5.69 Å². The first kappa shape index (κ1) is 18.0. The molecular formula is C19H11BrClN3O2S. The van der Waals surface area contributed by atoms with Crippen molar-refractivity contribution in [3.05, 3.63) is 81.3 Å². The highest BCUT2D eigenvalue weighted by Gasteiger charge is 2.35. The van der Waals surface area contributed by atoms with E-state index in [1.54, 1.807) is 41.4 Å². The summed E-state index contributed by atoms with van der Waals surface area (Å²) < 4.78 is 6.09. The number of amides is 1. The number of furan rings is 1. The number of benzene rings is 1. The van der Waals surface area contributed by atoms with Gasteiger partial charge in [0.05, 0.1) is 10.6 Å². The van der Waals surface area contributed by atoms with E-state index in [4.69, 9.17) is 16.0 Å². The fourth-order valence-electron chi connectivity index (χ4n) is 2.45. The van der Waals surface area contributed by atoms with Crippen LogP contribution < -0.4 is 4.90 Å². The third kappa shape index (κ3) is 3.85. The third-order valence-electron chi connectivity index (χ3n) is 3.64. The van der Waals surface area contributed by atoms with Crippen molar-refractivity contribution >= 4 is 67.8 Å². The van der Waals surface area contributed by atoms with Crippen molar-refractivity contribution in [3.63, 3.8) is 0 Å². The Hall–Kier alpha value is -2.35. The van der Waals surface area contributed by atoms with E-state index in [2.05, 4.69) is 25.9 Å². The Morgan fingerprint density at radius 3 is 2.67 bits per heavy atom. The zero-order valence-electron chi connectivity index (χ0n) is 13.7. The van der Waals surface area contributed by atoms with Gasteiger partial charge >= 0.3 is 0 Å². The highest BCUT2D eigenvalue weighted by atomic mass is 79.9. The number of hydrogen-bond donors (Lipinski definition) is 0. The number of hydrogen-bond acceptors (Lipinski definition) is 5. The molecule has 8 heteroatoms. The van der Waals surface area contributed by atoms with Gasteiger partial charge in [0, 0.05) is 12.3 Å². The van der Waals surface area contributed by atoms with Crippen LogP contribution in [0.4, 0.5) is 11.4 Å². The van der Waals surface area contributed by atoms with E-state index in [1.807, 2.05) is 30.3 Å². The number of pyridine rings is 1. The van der Waals surface area contributed by atoms with E-state index in [-0.39, 0.29) is 11.1 Å². The molecule has 1 aliphatic rings. The second-order valence-corrected chi connectivity index (χ2v) is 7.59. The monoisotopic (exact) mass is 459 g/mol. The van der Waals surface area contributed by atoms with Gasteiger partial charge in [-0.15, -0.1) is 0 Å². The Bertz CT molecular complexity index is 1070. The van der Waals surface area contributed by atoms with Crippen LogP contribution >= 0.6 is 39.3 Å². The van der Waals surface area contributed by atoms with Gasteiger partial charge in [-0.3, -0.25) is 9.69 Å². The number of halogens is 2. The van der Waals surface area contributed by atoms with Crippen molar-refractivity contribution in [2.45, 2.75) is 0 Å². The number of para-hydroxylation sites is 1. The maximum absolute atomic E-state index is 13.1. The molecule has 0 unspecified atom stereocenters. The minimum absolute atomic E-state index is 0.183. The van der Waals surface area contributed by atoms with E-state index in [9.17, 15) is 4.79 Å². The second kappa shape index (κ2) is 7.72. The number of anilines is 1. The van der Waals surface area contributed by atoms with Crippen LogP contribution in [-0.4, -0.2) is 16.1 Å². The van der Waals surface area contributed by atoms with Gasteiger partial charge in [0.1, 0.15) is 11.4 Å². The zero-order chi connectivity index (χ0) is 18.8. The van der Waals surface area contributed by atoms with Crippen molar-refractivity contribution in [1.82, 2.24) is 4.98 Å². The number of carbonyl (C=O) groups is 1. The standard InChI is InChI=1S/C19H11BrClN3O2S/c20-16-9-8-13(26-16)11-15-18(25)24(12-5-2-1-3-6-12)19(27-15)23-14-7-4-10-22-17(14)21/h1-11H/b15-11+,23-19?. The fraction of sp³-hybridized carbons (Fsp3) is 0. The molecule has 1 amide bonds. The number of carbonyl (C=O) groups excluding carboxylic acids is 1. The molecule has 1 aliphatic heterocycles. The summed E-state index contributed by atoms with van der Waals surface area (Å²) in [6.07, 6.45) is 3.29. The van der Waals surface area contributed by atoms with Gasteiger partial charge in [0.25, 0.3) is 5.91 Å². The van der Waals surface area contributed by atoms with E-state index in [0.29, 0.717) is 26.2 Å². The first-order valence-electron chi connectivity index (χ1n) is 7.85. The van der Waals surface area contributed by atoms with Gasteiger partial charge < -0.3 is 4.42 Å². The van der Waals surface area contributed by atoms with Crippen LogP contribution in [0.3, 0.4) is 0 Å². The van der Waals surface area contributed by atoms with Crippen LogP contribution in [0.1, 0.15) is 5.76 Å². The molecule has 27 heavy (non-hydrogen) atoms. The largest absolute Gasteiger partial charge is 0.450 e. The number of rotatable bonds is 3. The Labute approximate surface area is 172 Å². The molecule has 134 valence electrons. The number of aromatic nitrogens is 1. The van der Waals surface area contributed by atoms with Crippen LogP contribution in [0.25, 0.3) is 6.08 Å². The molecule has 0 bridgehead atoms. The maximum Gasteiger partial charge on any atom is 0.271 e. The van der Waals surface area contributed by atoms with Gasteiger partial charge in [-0.25, -0.2) is 9.98 Å². The summed E-state index contributed by atoms with van der Waals surface area (Å²) in [6.45, 7) is 0. The van der Waals surface area contributed by atoms with E-state index < -0.39 is 0 Å². The van der Waals surface area contributed by atoms with Gasteiger partial charge in [0.2, 0.25) is 0 Å². The molecule has 0 aliphatic carbocycles. The average Bonchev–Trinajstić information content (AvgIpc) is 3.21. The molecule has 3 heterocycles. The smallest absolute Gasteiger partial charge is 0.271 e. The lowest BCUT2D eigenvalue weighted by Gasteiger charge is -2.15. The molecule has 0 atom stereocenters. The van der Waals surface area contributed by atoms with Crippen molar-refractivity contribution in [2.75, 3.05) is 4.90 Å². The molecule has 0 radical (unpaired) electrons. The molecule has 2 aromatic heterocycles. The molecule has 4 rings (SSSR count). The SMILES string of the molecule is O=C1/C(=C\c2ccc(Br)o2)SC(=Nc2cccnc2Cl)N1c1ccccc1. The molecule has 1 fully saturated rings. The van der Waals surface area contributed by atoms with Gasteiger partial charge in [-0.2, -0.15) is 0 Å². The maximum atomic E-state index is 13.1. The molecule has 0 saturated carbocycles. The summed E-state index contributed by atoms with van der Waals surface area (Å²) in [6, 6.07) is 16.4. The Kier molecular flexibility index (Phi) is 5.15. The van der Waals surface area contributed by atoms with Crippen molar-refractivity contribution in [1.29, 1.82) is 0 Å². The Morgan fingerprint density at radius 2 is 1.96 bits per heavy atom. The third-order valence-corrected chi connectivity index (χ3v) is 5.33. The Balaban J connectivity index is 1.79. The Morgan fingerprint density at radius 1 is 1.15 bits per heavy atom. The zero-order valence-corrected chi connectivity index (χ0v) is 16.8. The predicted octanol–water partition coefficient (Wildman–Crippen LogP) is 5.90. The second-order valence-electron chi connectivity index (χ2n) is 5.44. The summed E-state index contributed by atoms with van der Waals surface area (Å²) in [7, 11) is 0. The lowest BCUT2D eigenvalue weighted by Crippen LogP contribution is -2.28. The molecule has 3 aromatic rings. The van der Waals surface area contributed by atoms with Gasteiger partial charge in [0.15, 0.2) is 15.0 Å². The fourth-order valence-corrected chi connectivity index (χ4v) is 3.91. The predicted molar refractivity (Wildman–Crippen MR) is 112 cm³/mol. The number of amidine groups is 1. The normalized spacial score (nSPS) is 17.3. The molecular weight excluding hydrogens is 450 g/mol. The molecule has 1 saturated heterocycles. The molecule has 1 aromatic carbocycles. The van der Waals surface area contributed by atoms with Crippen molar-refractivity contribution < 1.29 is 9.21 Å². The molecule has 0 spiro atoms. The van der Waals surface area contributed by atoms with Crippen LogP contribution in [-0.2, 0) is 4.79 Å². The first-order valence-corrected chi connectivity index (χ1v) is 9.84. The topological polar surface area (TPSA) is 58.7 Å².